The van der Waals surface area contributed by atoms with E-state index in [1.807, 2.05) is 6.07 Å². The molecule has 1 amide bonds. The monoisotopic (exact) mass is 506 g/mol. The van der Waals surface area contributed by atoms with Crippen molar-refractivity contribution in [1.82, 2.24) is 10.3 Å². The normalized spacial score (nSPS) is 18.8. The lowest BCUT2D eigenvalue weighted by atomic mass is 9.79. The van der Waals surface area contributed by atoms with Crippen LogP contribution in [0.25, 0.3) is 0 Å². The van der Waals surface area contributed by atoms with Gasteiger partial charge in [0.2, 0.25) is 6.79 Å². The second kappa shape index (κ2) is 10.4. The largest absolute Gasteiger partial charge is 0.468 e. The number of hydrazine groups is 1. The molecule has 0 saturated carbocycles. The lowest BCUT2D eigenvalue weighted by Gasteiger charge is -2.34. The van der Waals surface area contributed by atoms with Crippen molar-refractivity contribution in [3.8, 4) is 11.5 Å². The van der Waals surface area contributed by atoms with Crippen LogP contribution in [-0.4, -0.2) is 30.8 Å². The standard InChI is InChI=1S/C24H25F3N4O5/c25-24(26,27)17-3-1-2-14(6-17)9-31(29)10-19(28)23(33)30-22-16(11-34-12-32)5-4-15-7-20-21(8-18(15)22)36-13-35-20/h1-3,6-8,10,12,16,22H,4-5,9,11,13,28-29H2,(H,30,33)/b19-10-. The quantitative estimate of drug-likeness (QED) is 0.216. The fourth-order valence-corrected chi connectivity index (χ4v) is 4.37. The maximum atomic E-state index is 13.0. The number of hydrogen-bond donors (Lipinski definition) is 3. The SMILES string of the molecule is N/C(=C\N(N)Cc1cccc(C(F)(F)F)c1)C(=O)NC1c2cc3c(cc2CCC1COC=O)OCO3. The van der Waals surface area contributed by atoms with Crippen molar-refractivity contribution in [2.75, 3.05) is 13.4 Å². The predicted molar refractivity (Wildman–Crippen MR) is 121 cm³/mol. The molecule has 0 bridgehead atoms. The van der Waals surface area contributed by atoms with Gasteiger partial charge in [-0.05, 0) is 53.8 Å². The van der Waals surface area contributed by atoms with Gasteiger partial charge in [-0.2, -0.15) is 13.2 Å². The molecule has 2 aromatic rings. The van der Waals surface area contributed by atoms with E-state index in [4.69, 9.17) is 25.8 Å². The van der Waals surface area contributed by atoms with E-state index in [1.165, 1.54) is 12.1 Å². The van der Waals surface area contributed by atoms with Crippen LogP contribution in [0.15, 0.2) is 48.3 Å². The number of carbonyl (C=O) groups is 2. The number of nitrogens with two attached hydrogens (primary N) is 2. The highest BCUT2D eigenvalue weighted by Crippen LogP contribution is 2.42. The highest BCUT2D eigenvalue weighted by atomic mass is 19.4. The summed E-state index contributed by atoms with van der Waals surface area (Å²) >= 11 is 0. The van der Waals surface area contributed by atoms with Gasteiger partial charge in [-0.1, -0.05) is 12.1 Å². The van der Waals surface area contributed by atoms with E-state index in [-0.39, 0.29) is 31.6 Å². The van der Waals surface area contributed by atoms with Gasteiger partial charge in [0.05, 0.1) is 24.8 Å². The van der Waals surface area contributed by atoms with E-state index in [1.54, 1.807) is 6.07 Å². The molecule has 2 aromatic carbocycles. The zero-order valence-electron chi connectivity index (χ0n) is 19.1. The summed E-state index contributed by atoms with van der Waals surface area (Å²) < 4.78 is 54.8. The van der Waals surface area contributed by atoms with Gasteiger partial charge in [-0.25, -0.2) is 5.84 Å². The highest BCUT2D eigenvalue weighted by molar-refractivity contribution is 5.92. The highest BCUT2D eigenvalue weighted by Gasteiger charge is 2.34. The number of nitrogens with zero attached hydrogens (tertiary/aromatic N) is 1. The summed E-state index contributed by atoms with van der Waals surface area (Å²) in [5.41, 5.74) is 6.95. The molecular formula is C24H25F3N4O5. The van der Waals surface area contributed by atoms with Crippen LogP contribution in [0.1, 0.15) is 34.7 Å². The van der Waals surface area contributed by atoms with Crippen LogP contribution in [0.3, 0.4) is 0 Å². The van der Waals surface area contributed by atoms with Gasteiger partial charge in [-0.15, -0.1) is 0 Å². The molecule has 9 nitrogen and oxygen atoms in total. The van der Waals surface area contributed by atoms with Crippen molar-refractivity contribution in [3.05, 3.63) is 70.5 Å². The third-order valence-corrected chi connectivity index (χ3v) is 6.08. The third-order valence-electron chi connectivity index (χ3n) is 6.08. The van der Waals surface area contributed by atoms with Gasteiger partial charge in [0.15, 0.2) is 11.5 Å². The Kier molecular flexibility index (Phi) is 7.25. The molecule has 4 rings (SSSR count). The second-order valence-electron chi connectivity index (χ2n) is 8.54. The number of fused-ring (bicyclic) bond motifs is 2. The summed E-state index contributed by atoms with van der Waals surface area (Å²) in [6, 6.07) is 7.81. The number of carbonyl (C=O) groups excluding carboxylic acids is 2. The van der Waals surface area contributed by atoms with Crippen LogP contribution in [0.5, 0.6) is 11.5 Å². The first-order valence-electron chi connectivity index (χ1n) is 11.1. The lowest BCUT2D eigenvalue weighted by Crippen LogP contribution is -2.41. The second-order valence-corrected chi connectivity index (χ2v) is 8.54. The van der Waals surface area contributed by atoms with Gasteiger partial charge in [0, 0.05) is 12.1 Å². The number of alkyl halides is 3. The summed E-state index contributed by atoms with van der Waals surface area (Å²) in [5.74, 6) is 6.20. The molecule has 36 heavy (non-hydrogen) atoms. The number of hydrogen-bond acceptors (Lipinski definition) is 8. The van der Waals surface area contributed by atoms with Crippen molar-refractivity contribution < 1.29 is 37.0 Å². The van der Waals surface area contributed by atoms with E-state index < -0.39 is 23.7 Å². The minimum absolute atomic E-state index is 0.0878. The molecular weight excluding hydrogens is 481 g/mol. The number of aryl methyl sites for hydroxylation is 1. The minimum atomic E-state index is -4.48. The number of amides is 1. The molecule has 1 aliphatic carbocycles. The molecule has 0 aromatic heterocycles. The van der Waals surface area contributed by atoms with Crippen LogP contribution in [0, 0.1) is 5.92 Å². The zero-order valence-corrected chi connectivity index (χ0v) is 19.1. The minimum Gasteiger partial charge on any atom is -0.468 e. The van der Waals surface area contributed by atoms with Crippen molar-refractivity contribution in [1.29, 1.82) is 0 Å². The molecule has 0 saturated heterocycles. The first-order valence-corrected chi connectivity index (χ1v) is 11.1. The fraction of sp³-hybridized carbons (Fsp3) is 0.333. The maximum absolute atomic E-state index is 13.0. The maximum Gasteiger partial charge on any atom is 0.416 e. The molecule has 2 atom stereocenters. The fourth-order valence-electron chi connectivity index (χ4n) is 4.37. The molecule has 0 fully saturated rings. The average Bonchev–Trinajstić information content (AvgIpc) is 3.29. The molecule has 2 unspecified atom stereocenters. The van der Waals surface area contributed by atoms with Gasteiger partial charge >= 0.3 is 6.18 Å². The van der Waals surface area contributed by atoms with Crippen molar-refractivity contribution in [2.24, 2.45) is 17.5 Å². The Hall–Kier alpha value is -3.93. The number of ether oxygens (including phenoxy) is 3. The van der Waals surface area contributed by atoms with Gasteiger partial charge < -0.3 is 30.3 Å². The van der Waals surface area contributed by atoms with Gasteiger partial charge in [0.1, 0.15) is 5.70 Å². The molecule has 2 aliphatic rings. The molecule has 0 spiro atoms. The van der Waals surface area contributed by atoms with Gasteiger partial charge in [-0.3, -0.25) is 9.59 Å². The topological polar surface area (TPSA) is 129 Å². The van der Waals surface area contributed by atoms with E-state index >= 15 is 0 Å². The van der Waals surface area contributed by atoms with Gasteiger partial charge in [0.25, 0.3) is 12.4 Å². The number of benzene rings is 2. The summed E-state index contributed by atoms with van der Waals surface area (Å²) in [4.78, 5) is 23.7. The van der Waals surface area contributed by atoms with E-state index in [0.717, 1.165) is 34.5 Å². The van der Waals surface area contributed by atoms with Crippen LogP contribution in [0.2, 0.25) is 0 Å². The Morgan fingerprint density at radius 3 is 2.69 bits per heavy atom. The Labute approximate surface area is 204 Å². The Balaban J connectivity index is 1.50. The van der Waals surface area contributed by atoms with Crippen LogP contribution in [0.4, 0.5) is 13.2 Å². The molecule has 192 valence electrons. The van der Waals surface area contributed by atoms with Crippen molar-refractivity contribution in [3.63, 3.8) is 0 Å². The summed E-state index contributed by atoms with van der Waals surface area (Å²) in [6.45, 7) is 0.428. The van der Waals surface area contributed by atoms with E-state index in [9.17, 15) is 22.8 Å². The molecule has 5 N–H and O–H groups in total. The number of nitrogens with one attached hydrogen (secondary N) is 1. The van der Waals surface area contributed by atoms with Crippen LogP contribution < -0.4 is 26.4 Å². The zero-order chi connectivity index (χ0) is 25.9. The molecule has 1 heterocycles. The molecule has 12 heteroatoms. The first-order chi connectivity index (χ1) is 17.2. The first kappa shape index (κ1) is 25.2. The number of rotatable bonds is 8. The Morgan fingerprint density at radius 1 is 1.22 bits per heavy atom. The summed E-state index contributed by atoms with van der Waals surface area (Å²) in [7, 11) is 0. The van der Waals surface area contributed by atoms with Crippen molar-refractivity contribution in [2.45, 2.75) is 31.6 Å². The molecule has 0 radical (unpaired) electrons. The van der Waals surface area contributed by atoms with Crippen LogP contribution in [-0.2, 0) is 33.5 Å². The van der Waals surface area contributed by atoms with Crippen molar-refractivity contribution >= 4 is 12.4 Å². The number of halogens is 3. The van der Waals surface area contributed by atoms with Crippen LogP contribution >= 0.6 is 0 Å². The smallest absolute Gasteiger partial charge is 0.416 e. The summed E-state index contributed by atoms with van der Waals surface area (Å²) in [6.07, 6.45) is -2.02. The van der Waals surface area contributed by atoms with E-state index in [0.29, 0.717) is 36.4 Å². The Bertz CT molecular complexity index is 1170. The van der Waals surface area contributed by atoms with E-state index in [2.05, 4.69) is 5.32 Å². The third kappa shape index (κ3) is 5.65. The Morgan fingerprint density at radius 2 is 1.97 bits per heavy atom. The summed E-state index contributed by atoms with van der Waals surface area (Å²) in [5, 5.41) is 3.90. The molecule has 1 aliphatic heterocycles. The average molecular weight is 506 g/mol. The lowest BCUT2D eigenvalue weighted by molar-refractivity contribution is -0.137. The predicted octanol–water partition coefficient (Wildman–Crippen LogP) is 2.50.